The van der Waals surface area contributed by atoms with E-state index in [2.05, 4.69) is 55.9 Å². The molecule has 1 aliphatic rings. The van der Waals surface area contributed by atoms with E-state index in [-0.39, 0.29) is 5.95 Å². The van der Waals surface area contributed by atoms with Gasteiger partial charge in [0.25, 0.3) is 0 Å². The monoisotopic (exact) mass is 457 g/mol. The predicted octanol–water partition coefficient (Wildman–Crippen LogP) is 3.32. The molecule has 4 aromatic rings. The normalized spacial score (nSPS) is 13.9. The van der Waals surface area contributed by atoms with Crippen molar-refractivity contribution in [3.05, 3.63) is 54.2 Å². The fourth-order valence-corrected chi connectivity index (χ4v) is 4.27. The van der Waals surface area contributed by atoms with E-state index in [0.717, 1.165) is 31.7 Å². The van der Waals surface area contributed by atoms with E-state index in [1.54, 1.807) is 20.4 Å². The van der Waals surface area contributed by atoms with Crippen molar-refractivity contribution >= 4 is 28.6 Å². The molecule has 34 heavy (non-hydrogen) atoms. The molecule has 1 aliphatic heterocycles. The van der Waals surface area contributed by atoms with Crippen LogP contribution < -0.4 is 25.0 Å². The number of piperazine rings is 1. The number of anilines is 3. The Labute approximate surface area is 198 Å². The Morgan fingerprint density at radius 1 is 0.853 bits per heavy atom. The lowest BCUT2D eigenvalue weighted by molar-refractivity contribution is 0.355. The summed E-state index contributed by atoms with van der Waals surface area (Å²) in [6, 6.07) is 14.2. The van der Waals surface area contributed by atoms with Gasteiger partial charge in [-0.15, -0.1) is 0 Å². The molecule has 2 aromatic heterocycles. The minimum absolute atomic E-state index is 0.191. The van der Waals surface area contributed by atoms with Gasteiger partial charge in [-0.2, -0.15) is 9.97 Å². The third-order valence-corrected chi connectivity index (χ3v) is 6.03. The van der Waals surface area contributed by atoms with Gasteiger partial charge in [0.2, 0.25) is 5.95 Å². The number of hydrogen-bond donors (Lipinski definition) is 1. The summed E-state index contributed by atoms with van der Waals surface area (Å²) in [5.74, 6) is 2.18. The van der Waals surface area contributed by atoms with Crippen LogP contribution in [0.5, 0.6) is 11.5 Å². The van der Waals surface area contributed by atoms with Crippen LogP contribution >= 0.6 is 0 Å². The van der Waals surface area contributed by atoms with E-state index < -0.39 is 0 Å². The molecule has 2 aromatic carbocycles. The van der Waals surface area contributed by atoms with Crippen LogP contribution in [0.4, 0.5) is 17.5 Å². The van der Waals surface area contributed by atoms with Crippen molar-refractivity contribution in [3.63, 3.8) is 0 Å². The van der Waals surface area contributed by atoms with E-state index >= 15 is 0 Å². The Kier molecular flexibility index (Phi) is 5.75. The maximum atomic E-state index is 6.03. The van der Waals surface area contributed by atoms with Crippen LogP contribution in [0.15, 0.2) is 48.7 Å². The first-order valence-electron chi connectivity index (χ1n) is 11.1. The van der Waals surface area contributed by atoms with Crippen molar-refractivity contribution in [2.45, 2.75) is 6.92 Å². The van der Waals surface area contributed by atoms with Crippen molar-refractivity contribution in [3.8, 4) is 22.8 Å². The van der Waals surface area contributed by atoms with E-state index in [1.807, 2.05) is 18.2 Å². The van der Waals surface area contributed by atoms with Gasteiger partial charge >= 0.3 is 0 Å². The zero-order valence-corrected chi connectivity index (χ0v) is 19.5. The summed E-state index contributed by atoms with van der Waals surface area (Å²) < 4.78 is 10.8. The zero-order chi connectivity index (χ0) is 23.7. The van der Waals surface area contributed by atoms with Gasteiger partial charge in [0.1, 0.15) is 0 Å². The molecule has 0 amide bonds. The highest BCUT2D eigenvalue weighted by atomic mass is 16.5. The minimum Gasteiger partial charge on any atom is -0.493 e. The fourth-order valence-electron chi connectivity index (χ4n) is 4.27. The summed E-state index contributed by atoms with van der Waals surface area (Å²) in [5, 5.41) is 0. The highest BCUT2D eigenvalue weighted by Crippen LogP contribution is 2.33. The standard InChI is InChI=1S/C25H27N7O2/c1-16-5-4-6-18(13-16)31-9-11-32(12-10-31)24-22-23(29-25(26)30-24)27-15-19(28-22)17-7-8-20(33-2)21(14-17)34-3/h4-8,13-15H,9-12H2,1-3H3,(H2,26,27,29,30). The number of fused-ring (bicyclic) bond motifs is 1. The molecule has 174 valence electrons. The first-order valence-corrected chi connectivity index (χ1v) is 11.1. The van der Waals surface area contributed by atoms with Gasteiger partial charge in [-0.05, 0) is 42.8 Å². The molecule has 3 heterocycles. The summed E-state index contributed by atoms with van der Waals surface area (Å²) in [7, 11) is 3.22. The maximum absolute atomic E-state index is 6.03. The lowest BCUT2D eigenvalue weighted by Crippen LogP contribution is -2.47. The average Bonchev–Trinajstić information content (AvgIpc) is 2.87. The number of rotatable bonds is 5. The Morgan fingerprint density at radius 3 is 2.35 bits per heavy atom. The summed E-state index contributed by atoms with van der Waals surface area (Å²) in [6.45, 7) is 5.45. The van der Waals surface area contributed by atoms with Gasteiger partial charge in [-0.3, -0.25) is 0 Å². The van der Waals surface area contributed by atoms with E-state index in [0.29, 0.717) is 34.2 Å². The number of aryl methyl sites for hydroxylation is 1. The number of nitrogens with two attached hydrogens (primary N) is 1. The highest BCUT2D eigenvalue weighted by molar-refractivity contribution is 5.86. The van der Waals surface area contributed by atoms with Gasteiger partial charge in [-0.25, -0.2) is 9.97 Å². The SMILES string of the molecule is COc1ccc(-c2cnc3nc(N)nc(N4CCN(c5cccc(C)c5)CC4)c3n2)cc1OC. The molecule has 1 saturated heterocycles. The third-order valence-electron chi connectivity index (χ3n) is 6.03. The molecule has 0 unspecified atom stereocenters. The lowest BCUT2D eigenvalue weighted by Gasteiger charge is -2.37. The first-order chi connectivity index (χ1) is 16.6. The van der Waals surface area contributed by atoms with Crippen LogP contribution in [0.25, 0.3) is 22.4 Å². The molecular formula is C25H27N7O2. The topological polar surface area (TPSA) is 103 Å². The number of nitrogen functional groups attached to an aromatic ring is 1. The molecule has 1 fully saturated rings. The summed E-state index contributed by atoms with van der Waals surface area (Å²) >= 11 is 0. The first kappa shape index (κ1) is 21.7. The molecule has 0 saturated carbocycles. The van der Waals surface area contributed by atoms with Crippen molar-refractivity contribution in [1.82, 2.24) is 19.9 Å². The molecule has 9 nitrogen and oxygen atoms in total. The Bertz CT molecular complexity index is 1340. The van der Waals surface area contributed by atoms with E-state index in [1.165, 1.54) is 11.3 Å². The molecule has 0 spiro atoms. The number of aromatic nitrogens is 4. The van der Waals surface area contributed by atoms with E-state index in [9.17, 15) is 0 Å². The third kappa shape index (κ3) is 4.12. The van der Waals surface area contributed by atoms with Crippen LogP contribution in [-0.2, 0) is 0 Å². The summed E-state index contributed by atoms with van der Waals surface area (Å²) in [4.78, 5) is 22.9. The van der Waals surface area contributed by atoms with Crippen LogP contribution in [0, 0.1) is 6.92 Å². The number of nitrogens with zero attached hydrogens (tertiary/aromatic N) is 6. The predicted molar refractivity (Wildman–Crippen MR) is 134 cm³/mol. The largest absolute Gasteiger partial charge is 0.493 e. The molecule has 0 aliphatic carbocycles. The smallest absolute Gasteiger partial charge is 0.224 e. The number of benzene rings is 2. The van der Waals surface area contributed by atoms with Crippen molar-refractivity contribution < 1.29 is 9.47 Å². The number of methoxy groups -OCH3 is 2. The lowest BCUT2D eigenvalue weighted by atomic mass is 10.1. The van der Waals surface area contributed by atoms with Gasteiger partial charge in [-0.1, -0.05) is 12.1 Å². The van der Waals surface area contributed by atoms with Crippen LogP contribution in [0.1, 0.15) is 5.56 Å². The van der Waals surface area contributed by atoms with E-state index in [4.69, 9.17) is 20.2 Å². The molecule has 0 bridgehead atoms. The second-order valence-electron chi connectivity index (χ2n) is 8.22. The Balaban J connectivity index is 1.47. The van der Waals surface area contributed by atoms with Crippen molar-refractivity contribution in [2.75, 3.05) is 55.9 Å². The van der Waals surface area contributed by atoms with Gasteiger partial charge < -0.3 is 25.0 Å². The summed E-state index contributed by atoms with van der Waals surface area (Å²) in [6.07, 6.45) is 1.69. The molecule has 9 heteroatoms. The quantitative estimate of drug-likeness (QED) is 0.483. The van der Waals surface area contributed by atoms with Crippen LogP contribution in [-0.4, -0.2) is 60.3 Å². The minimum atomic E-state index is 0.191. The Hall–Kier alpha value is -4.14. The summed E-state index contributed by atoms with van der Waals surface area (Å²) in [5.41, 5.74) is 11.2. The Morgan fingerprint density at radius 2 is 1.62 bits per heavy atom. The highest BCUT2D eigenvalue weighted by Gasteiger charge is 2.22. The maximum Gasteiger partial charge on any atom is 0.224 e. The van der Waals surface area contributed by atoms with Crippen LogP contribution in [0.3, 0.4) is 0 Å². The van der Waals surface area contributed by atoms with Crippen LogP contribution in [0.2, 0.25) is 0 Å². The second-order valence-corrected chi connectivity index (χ2v) is 8.22. The molecule has 2 N–H and O–H groups in total. The second kappa shape index (κ2) is 9.01. The molecule has 0 atom stereocenters. The van der Waals surface area contributed by atoms with Gasteiger partial charge in [0.05, 0.1) is 26.1 Å². The number of hydrogen-bond acceptors (Lipinski definition) is 9. The number of ether oxygens (including phenoxy) is 2. The van der Waals surface area contributed by atoms with Gasteiger partial charge in [0, 0.05) is 37.4 Å². The average molecular weight is 458 g/mol. The van der Waals surface area contributed by atoms with Gasteiger partial charge in [0.15, 0.2) is 28.5 Å². The zero-order valence-electron chi connectivity index (χ0n) is 19.5. The fraction of sp³-hybridized carbons (Fsp3) is 0.280. The molecular weight excluding hydrogens is 430 g/mol. The molecule has 5 rings (SSSR count). The van der Waals surface area contributed by atoms with Crippen molar-refractivity contribution in [1.29, 1.82) is 0 Å². The molecule has 0 radical (unpaired) electrons. The van der Waals surface area contributed by atoms with Crippen molar-refractivity contribution in [2.24, 2.45) is 0 Å².